The monoisotopic (exact) mass is 218 g/mol. The van der Waals surface area contributed by atoms with Crippen LogP contribution in [0.4, 0.5) is 0 Å². The number of pyridine rings is 1. The minimum absolute atomic E-state index is 0.382. The molecule has 3 heterocycles. The van der Waals surface area contributed by atoms with Crippen molar-refractivity contribution < 1.29 is 5.11 Å². The lowest BCUT2D eigenvalue weighted by Gasteiger charge is -2.29. The summed E-state index contributed by atoms with van der Waals surface area (Å²) in [6.07, 6.45) is 7.70. The van der Waals surface area contributed by atoms with Gasteiger partial charge in [0.05, 0.1) is 5.60 Å². The summed E-state index contributed by atoms with van der Waals surface area (Å²) in [4.78, 5) is 6.56. The van der Waals surface area contributed by atoms with Gasteiger partial charge < -0.3 is 5.11 Å². The van der Waals surface area contributed by atoms with Crippen LogP contribution >= 0.6 is 0 Å². The van der Waals surface area contributed by atoms with Crippen LogP contribution in [0.5, 0.6) is 0 Å². The molecule has 16 heavy (non-hydrogen) atoms. The van der Waals surface area contributed by atoms with Gasteiger partial charge in [0.15, 0.2) is 0 Å². The Hall–Kier alpha value is -0.930. The van der Waals surface area contributed by atoms with Crippen LogP contribution in [0, 0.1) is 0 Å². The molecular weight excluding hydrogens is 200 g/mol. The first-order valence-corrected chi connectivity index (χ1v) is 6.13. The highest BCUT2D eigenvalue weighted by Crippen LogP contribution is 2.37. The second-order valence-electron chi connectivity index (χ2n) is 5.09. The second kappa shape index (κ2) is 3.82. The lowest BCUT2D eigenvalue weighted by molar-refractivity contribution is 0.0140. The Bertz CT molecular complexity index is 367. The fourth-order valence-electron chi connectivity index (χ4n) is 3.27. The summed E-state index contributed by atoms with van der Waals surface area (Å²) in [5.74, 6) is 0. The molecule has 3 heteroatoms. The van der Waals surface area contributed by atoms with E-state index in [9.17, 15) is 5.11 Å². The molecular formula is C13H18N2O. The van der Waals surface area contributed by atoms with E-state index in [1.54, 1.807) is 6.20 Å². The maximum atomic E-state index is 10.7. The van der Waals surface area contributed by atoms with E-state index in [0.29, 0.717) is 6.04 Å². The predicted molar refractivity (Wildman–Crippen MR) is 62.1 cm³/mol. The Kier molecular flexibility index (Phi) is 2.45. The number of hydrogen-bond donors (Lipinski definition) is 1. The molecule has 0 aliphatic carbocycles. The van der Waals surface area contributed by atoms with E-state index in [-0.39, 0.29) is 0 Å². The Balaban J connectivity index is 1.79. The van der Waals surface area contributed by atoms with Crippen LogP contribution < -0.4 is 0 Å². The van der Waals surface area contributed by atoms with Crippen LogP contribution in [0.25, 0.3) is 0 Å². The average molecular weight is 218 g/mol. The Labute approximate surface area is 96.1 Å². The van der Waals surface area contributed by atoms with E-state index in [4.69, 9.17) is 0 Å². The molecule has 1 aromatic rings. The van der Waals surface area contributed by atoms with Crippen molar-refractivity contribution in [3.63, 3.8) is 0 Å². The zero-order valence-corrected chi connectivity index (χ0v) is 9.47. The zero-order valence-electron chi connectivity index (χ0n) is 9.47. The van der Waals surface area contributed by atoms with Crippen molar-refractivity contribution in [2.24, 2.45) is 0 Å². The van der Waals surface area contributed by atoms with Crippen molar-refractivity contribution in [2.45, 2.75) is 37.3 Å². The van der Waals surface area contributed by atoms with Crippen molar-refractivity contribution in [3.8, 4) is 0 Å². The standard InChI is InChI=1S/C13H18N2O/c16-13(9-11-3-1-6-14-10-11)5-8-15-7-2-4-12(13)15/h1,3,6,10,12,16H,2,4-5,7-9H2. The van der Waals surface area contributed by atoms with E-state index in [0.717, 1.165) is 31.4 Å². The lowest BCUT2D eigenvalue weighted by Crippen LogP contribution is -2.43. The molecule has 3 nitrogen and oxygen atoms in total. The molecule has 1 aromatic heterocycles. The third-order valence-electron chi connectivity index (χ3n) is 4.05. The molecule has 2 atom stereocenters. The molecule has 2 fully saturated rings. The number of aromatic nitrogens is 1. The van der Waals surface area contributed by atoms with Gasteiger partial charge in [-0.3, -0.25) is 9.88 Å². The van der Waals surface area contributed by atoms with Crippen LogP contribution in [-0.2, 0) is 6.42 Å². The van der Waals surface area contributed by atoms with Gasteiger partial charge in [-0.05, 0) is 37.4 Å². The lowest BCUT2D eigenvalue weighted by atomic mass is 9.87. The first kappa shape index (κ1) is 10.2. The summed E-state index contributed by atoms with van der Waals surface area (Å²) in [7, 11) is 0. The summed E-state index contributed by atoms with van der Waals surface area (Å²) in [6.45, 7) is 2.22. The summed E-state index contributed by atoms with van der Waals surface area (Å²) >= 11 is 0. The van der Waals surface area contributed by atoms with Crippen LogP contribution in [0.1, 0.15) is 24.8 Å². The van der Waals surface area contributed by atoms with Crippen LogP contribution in [0.15, 0.2) is 24.5 Å². The van der Waals surface area contributed by atoms with Crippen molar-refractivity contribution in [3.05, 3.63) is 30.1 Å². The molecule has 0 aromatic carbocycles. The Morgan fingerprint density at radius 1 is 1.50 bits per heavy atom. The molecule has 0 bridgehead atoms. The molecule has 1 N–H and O–H groups in total. The molecule has 0 saturated carbocycles. The largest absolute Gasteiger partial charge is 0.388 e. The molecule has 2 unspecified atom stereocenters. The topological polar surface area (TPSA) is 36.4 Å². The van der Waals surface area contributed by atoms with E-state index < -0.39 is 5.60 Å². The fourth-order valence-corrected chi connectivity index (χ4v) is 3.27. The first-order valence-electron chi connectivity index (χ1n) is 6.13. The maximum absolute atomic E-state index is 10.7. The first-order chi connectivity index (χ1) is 7.78. The van der Waals surface area contributed by atoms with Crippen molar-refractivity contribution in [1.29, 1.82) is 0 Å². The highest BCUT2D eigenvalue weighted by molar-refractivity contribution is 5.16. The van der Waals surface area contributed by atoms with Gasteiger partial charge >= 0.3 is 0 Å². The predicted octanol–water partition coefficient (Wildman–Crippen LogP) is 1.22. The van der Waals surface area contributed by atoms with Crippen molar-refractivity contribution in [1.82, 2.24) is 9.88 Å². The van der Waals surface area contributed by atoms with E-state index in [1.807, 2.05) is 12.3 Å². The van der Waals surface area contributed by atoms with Gasteiger partial charge in [0, 0.05) is 31.4 Å². The van der Waals surface area contributed by atoms with Gasteiger partial charge in [0.1, 0.15) is 0 Å². The highest BCUT2D eigenvalue weighted by Gasteiger charge is 2.47. The molecule has 0 amide bonds. The van der Waals surface area contributed by atoms with Crippen LogP contribution in [-0.4, -0.2) is 39.7 Å². The number of fused-ring (bicyclic) bond motifs is 1. The molecule has 2 aliphatic heterocycles. The van der Waals surface area contributed by atoms with Crippen LogP contribution in [0.3, 0.4) is 0 Å². The van der Waals surface area contributed by atoms with E-state index in [2.05, 4.69) is 16.0 Å². The van der Waals surface area contributed by atoms with Gasteiger partial charge in [-0.25, -0.2) is 0 Å². The normalized spacial score (nSPS) is 34.2. The van der Waals surface area contributed by atoms with Gasteiger partial charge in [-0.2, -0.15) is 0 Å². The molecule has 86 valence electrons. The molecule has 2 saturated heterocycles. The van der Waals surface area contributed by atoms with E-state index in [1.165, 1.54) is 13.0 Å². The van der Waals surface area contributed by atoms with E-state index >= 15 is 0 Å². The van der Waals surface area contributed by atoms with Gasteiger partial charge in [-0.15, -0.1) is 0 Å². The Morgan fingerprint density at radius 2 is 2.44 bits per heavy atom. The molecule has 0 spiro atoms. The zero-order chi connectivity index (χ0) is 11.0. The SMILES string of the molecule is OC1(Cc2cccnc2)CCN2CCCC21. The number of hydrogen-bond acceptors (Lipinski definition) is 3. The van der Waals surface area contributed by atoms with Gasteiger partial charge in [0.25, 0.3) is 0 Å². The second-order valence-corrected chi connectivity index (χ2v) is 5.09. The van der Waals surface area contributed by atoms with Gasteiger partial charge in [0.2, 0.25) is 0 Å². The van der Waals surface area contributed by atoms with Crippen molar-refractivity contribution >= 4 is 0 Å². The highest BCUT2D eigenvalue weighted by atomic mass is 16.3. The van der Waals surface area contributed by atoms with Crippen LogP contribution in [0.2, 0.25) is 0 Å². The fraction of sp³-hybridized carbons (Fsp3) is 0.615. The molecule has 3 rings (SSSR count). The average Bonchev–Trinajstić information content (AvgIpc) is 2.86. The minimum Gasteiger partial charge on any atom is -0.388 e. The third-order valence-corrected chi connectivity index (χ3v) is 4.05. The third kappa shape index (κ3) is 1.64. The smallest absolute Gasteiger partial charge is 0.0855 e. The summed E-state index contributed by atoms with van der Waals surface area (Å²) in [5.41, 5.74) is 0.637. The molecule has 2 aliphatic rings. The minimum atomic E-state index is -0.514. The quantitative estimate of drug-likeness (QED) is 0.811. The summed E-state index contributed by atoms with van der Waals surface area (Å²) in [5, 5.41) is 10.7. The number of aliphatic hydroxyl groups is 1. The summed E-state index contributed by atoms with van der Waals surface area (Å²) in [6, 6.07) is 4.38. The molecule has 0 radical (unpaired) electrons. The van der Waals surface area contributed by atoms with Crippen molar-refractivity contribution in [2.75, 3.05) is 13.1 Å². The summed E-state index contributed by atoms with van der Waals surface area (Å²) < 4.78 is 0. The van der Waals surface area contributed by atoms with Gasteiger partial charge in [-0.1, -0.05) is 6.07 Å². The number of nitrogens with zero attached hydrogens (tertiary/aromatic N) is 2. The Morgan fingerprint density at radius 3 is 3.25 bits per heavy atom. The maximum Gasteiger partial charge on any atom is 0.0855 e. The number of rotatable bonds is 2.